The highest BCUT2D eigenvalue weighted by Gasteiger charge is 2.33. The quantitative estimate of drug-likeness (QED) is 0.789. The molecule has 7 nitrogen and oxygen atoms in total. The standard InChI is InChI=1S/C23H28N2O5/c1-14-10-16-8-6-7-9-18(16)19(25(14)15(2)26)13-24-23(27)17-11-20(28-3)22(30-5)21(12-17)29-4/h6-9,11-12,14,19H,10,13H2,1-5H3,(H,24,27). The Kier molecular flexibility index (Phi) is 6.50. The molecule has 0 radical (unpaired) electrons. The first-order chi connectivity index (χ1) is 14.4. The summed E-state index contributed by atoms with van der Waals surface area (Å²) in [5.74, 6) is 0.944. The van der Waals surface area contributed by atoms with Crippen LogP contribution in [0.2, 0.25) is 0 Å². The van der Waals surface area contributed by atoms with Crippen molar-refractivity contribution in [3.63, 3.8) is 0 Å². The van der Waals surface area contributed by atoms with E-state index in [-0.39, 0.29) is 23.9 Å². The highest BCUT2D eigenvalue weighted by molar-refractivity contribution is 5.95. The van der Waals surface area contributed by atoms with Gasteiger partial charge in [0, 0.05) is 25.1 Å². The molecule has 0 aromatic heterocycles. The lowest BCUT2D eigenvalue weighted by Gasteiger charge is -2.41. The van der Waals surface area contributed by atoms with E-state index in [9.17, 15) is 9.59 Å². The topological polar surface area (TPSA) is 77.1 Å². The van der Waals surface area contributed by atoms with Crippen molar-refractivity contribution in [1.82, 2.24) is 10.2 Å². The number of amides is 2. The van der Waals surface area contributed by atoms with Crippen molar-refractivity contribution in [2.24, 2.45) is 0 Å². The lowest BCUT2D eigenvalue weighted by atomic mass is 9.88. The molecule has 30 heavy (non-hydrogen) atoms. The van der Waals surface area contributed by atoms with Gasteiger partial charge in [0.1, 0.15) is 0 Å². The van der Waals surface area contributed by atoms with Gasteiger partial charge in [0.15, 0.2) is 11.5 Å². The smallest absolute Gasteiger partial charge is 0.251 e. The maximum absolute atomic E-state index is 12.9. The predicted octanol–water partition coefficient (Wildman–Crippen LogP) is 2.98. The molecule has 0 saturated heterocycles. The van der Waals surface area contributed by atoms with Crippen molar-refractivity contribution in [1.29, 1.82) is 0 Å². The zero-order chi connectivity index (χ0) is 21.8. The van der Waals surface area contributed by atoms with Crippen LogP contribution in [0, 0.1) is 0 Å². The summed E-state index contributed by atoms with van der Waals surface area (Å²) in [5.41, 5.74) is 2.65. The van der Waals surface area contributed by atoms with Gasteiger partial charge in [-0.05, 0) is 36.6 Å². The van der Waals surface area contributed by atoms with Crippen molar-refractivity contribution in [2.45, 2.75) is 32.4 Å². The van der Waals surface area contributed by atoms with Gasteiger partial charge in [0.2, 0.25) is 11.7 Å². The van der Waals surface area contributed by atoms with Crippen molar-refractivity contribution >= 4 is 11.8 Å². The van der Waals surface area contributed by atoms with Crippen LogP contribution >= 0.6 is 0 Å². The molecule has 0 fully saturated rings. The molecule has 1 aliphatic rings. The fourth-order valence-corrected chi connectivity index (χ4v) is 4.16. The molecule has 7 heteroatoms. The summed E-state index contributed by atoms with van der Waals surface area (Å²) in [6.45, 7) is 3.90. The van der Waals surface area contributed by atoms with Gasteiger partial charge in [-0.3, -0.25) is 9.59 Å². The van der Waals surface area contributed by atoms with Crippen LogP contribution in [0.25, 0.3) is 0 Å². The van der Waals surface area contributed by atoms with E-state index < -0.39 is 0 Å². The molecule has 2 aromatic rings. The number of nitrogens with zero attached hydrogens (tertiary/aromatic N) is 1. The van der Waals surface area contributed by atoms with Crippen LogP contribution in [-0.2, 0) is 11.2 Å². The molecule has 2 aromatic carbocycles. The molecule has 0 aliphatic carbocycles. The van der Waals surface area contributed by atoms with Gasteiger partial charge in [-0.25, -0.2) is 0 Å². The van der Waals surface area contributed by atoms with Crippen molar-refractivity contribution in [3.8, 4) is 17.2 Å². The monoisotopic (exact) mass is 412 g/mol. The summed E-state index contributed by atoms with van der Waals surface area (Å²) in [7, 11) is 4.52. The minimum atomic E-state index is -0.284. The summed E-state index contributed by atoms with van der Waals surface area (Å²) >= 11 is 0. The van der Waals surface area contributed by atoms with E-state index in [2.05, 4.69) is 11.4 Å². The van der Waals surface area contributed by atoms with Crippen molar-refractivity contribution < 1.29 is 23.8 Å². The van der Waals surface area contributed by atoms with Crippen LogP contribution in [0.4, 0.5) is 0 Å². The van der Waals surface area contributed by atoms with Crippen LogP contribution in [0.15, 0.2) is 36.4 Å². The number of carbonyl (C=O) groups excluding carboxylic acids is 2. The molecule has 1 N–H and O–H groups in total. The number of carbonyl (C=O) groups is 2. The molecule has 2 atom stereocenters. The van der Waals surface area contributed by atoms with Crippen LogP contribution in [0.5, 0.6) is 17.2 Å². The maximum Gasteiger partial charge on any atom is 0.251 e. The van der Waals surface area contributed by atoms with Gasteiger partial charge in [0.05, 0.1) is 27.4 Å². The number of rotatable bonds is 6. The summed E-state index contributed by atoms with van der Waals surface area (Å²) in [6.07, 6.45) is 0.799. The zero-order valence-corrected chi connectivity index (χ0v) is 18.0. The van der Waals surface area contributed by atoms with Gasteiger partial charge >= 0.3 is 0 Å². The first-order valence-corrected chi connectivity index (χ1v) is 9.86. The summed E-state index contributed by atoms with van der Waals surface area (Å²) in [4.78, 5) is 27.1. The van der Waals surface area contributed by atoms with E-state index in [1.165, 1.54) is 26.9 Å². The Morgan fingerprint density at radius 2 is 1.70 bits per heavy atom. The number of nitrogens with one attached hydrogen (secondary N) is 1. The second-order valence-electron chi connectivity index (χ2n) is 7.32. The normalized spacial score (nSPS) is 17.7. The SMILES string of the molecule is COc1cc(C(=O)NCC2c3ccccc3CC(C)N2C(C)=O)cc(OC)c1OC. The van der Waals surface area contributed by atoms with E-state index in [0.29, 0.717) is 29.4 Å². The predicted molar refractivity (Wildman–Crippen MR) is 113 cm³/mol. The fourth-order valence-electron chi connectivity index (χ4n) is 4.16. The Hall–Kier alpha value is -3.22. The molecule has 0 bridgehead atoms. The first kappa shape index (κ1) is 21.5. The molecular weight excluding hydrogens is 384 g/mol. The molecule has 2 amide bonds. The van der Waals surface area contributed by atoms with Gasteiger partial charge in [-0.15, -0.1) is 0 Å². The Morgan fingerprint density at radius 3 is 2.27 bits per heavy atom. The Morgan fingerprint density at radius 1 is 1.07 bits per heavy atom. The average Bonchev–Trinajstić information content (AvgIpc) is 2.75. The zero-order valence-electron chi connectivity index (χ0n) is 18.0. The fraction of sp³-hybridized carbons (Fsp3) is 0.391. The third-order valence-corrected chi connectivity index (χ3v) is 5.49. The lowest BCUT2D eigenvalue weighted by molar-refractivity contribution is -0.134. The van der Waals surface area contributed by atoms with Gasteiger partial charge in [0.25, 0.3) is 5.91 Å². The van der Waals surface area contributed by atoms with E-state index in [0.717, 1.165) is 12.0 Å². The van der Waals surface area contributed by atoms with E-state index >= 15 is 0 Å². The van der Waals surface area contributed by atoms with Crippen LogP contribution in [0.3, 0.4) is 0 Å². The second-order valence-corrected chi connectivity index (χ2v) is 7.32. The number of ether oxygens (including phenoxy) is 3. The molecule has 160 valence electrons. The van der Waals surface area contributed by atoms with Crippen molar-refractivity contribution in [2.75, 3.05) is 27.9 Å². The van der Waals surface area contributed by atoms with Gasteiger partial charge in [-0.1, -0.05) is 24.3 Å². The van der Waals surface area contributed by atoms with Crippen molar-refractivity contribution in [3.05, 3.63) is 53.1 Å². The second kappa shape index (κ2) is 9.07. The Bertz CT molecular complexity index is 918. The number of fused-ring (bicyclic) bond motifs is 1. The average molecular weight is 412 g/mol. The van der Waals surface area contributed by atoms with Crippen LogP contribution in [-0.4, -0.2) is 50.6 Å². The number of hydrogen-bond acceptors (Lipinski definition) is 5. The molecule has 3 rings (SSSR count). The number of benzene rings is 2. The number of methoxy groups -OCH3 is 3. The van der Waals surface area contributed by atoms with Gasteiger partial charge in [-0.2, -0.15) is 0 Å². The third-order valence-electron chi connectivity index (χ3n) is 5.49. The van der Waals surface area contributed by atoms with E-state index in [1.54, 1.807) is 19.1 Å². The summed E-state index contributed by atoms with van der Waals surface area (Å²) in [5, 5.41) is 2.97. The molecule has 0 saturated carbocycles. The number of hydrogen-bond donors (Lipinski definition) is 1. The van der Waals surface area contributed by atoms with E-state index in [1.807, 2.05) is 30.0 Å². The molecule has 0 spiro atoms. The Balaban J connectivity index is 1.86. The molecular formula is C23H28N2O5. The van der Waals surface area contributed by atoms with Crippen LogP contribution < -0.4 is 19.5 Å². The third kappa shape index (κ3) is 4.06. The highest BCUT2D eigenvalue weighted by Crippen LogP contribution is 2.38. The summed E-state index contributed by atoms with van der Waals surface area (Å²) in [6, 6.07) is 11.1. The molecule has 1 heterocycles. The lowest BCUT2D eigenvalue weighted by Crippen LogP contribution is -2.48. The Labute approximate surface area is 176 Å². The minimum absolute atomic E-state index is 0.0102. The minimum Gasteiger partial charge on any atom is -0.493 e. The molecule has 2 unspecified atom stereocenters. The molecule has 1 aliphatic heterocycles. The van der Waals surface area contributed by atoms with Crippen LogP contribution in [0.1, 0.15) is 41.4 Å². The maximum atomic E-state index is 12.9. The largest absolute Gasteiger partial charge is 0.493 e. The highest BCUT2D eigenvalue weighted by atomic mass is 16.5. The van der Waals surface area contributed by atoms with Gasteiger partial charge < -0.3 is 24.4 Å². The summed E-state index contributed by atoms with van der Waals surface area (Å²) < 4.78 is 16.0. The first-order valence-electron chi connectivity index (χ1n) is 9.86. The van der Waals surface area contributed by atoms with E-state index in [4.69, 9.17) is 14.2 Å².